The van der Waals surface area contributed by atoms with E-state index in [0.29, 0.717) is 27.3 Å². The van der Waals surface area contributed by atoms with E-state index in [4.69, 9.17) is 27.4 Å². The number of ether oxygens (including phenoxy) is 2. The molecule has 6 nitrogen and oxygen atoms in total. The van der Waals surface area contributed by atoms with Crippen LogP contribution in [0, 0.1) is 0 Å². The number of nitrogens with two attached hydrogens (primary N) is 1. The number of amides is 2. The highest BCUT2D eigenvalue weighted by Gasteiger charge is 2.33. The number of thiocarbonyl (C=S) groups is 1. The third kappa shape index (κ3) is 4.52. The molecular formula is C20H18N2O4S2. The first-order valence-electron chi connectivity index (χ1n) is 8.50. The lowest BCUT2D eigenvalue weighted by Crippen LogP contribution is -2.27. The minimum Gasteiger partial charge on any atom is -0.490 e. The van der Waals surface area contributed by atoms with E-state index in [1.54, 1.807) is 24.3 Å². The zero-order valence-electron chi connectivity index (χ0n) is 15.1. The molecule has 0 atom stereocenters. The Bertz CT molecular complexity index is 944. The molecule has 0 bridgehead atoms. The molecule has 1 aliphatic heterocycles. The second-order valence-electron chi connectivity index (χ2n) is 5.75. The Hall–Kier alpha value is -2.84. The fraction of sp³-hybridized carbons (Fsp3) is 0.150. The maximum atomic E-state index is 12.8. The lowest BCUT2D eigenvalue weighted by Gasteiger charge is -2.14. The molecule has 2 N–H and O–H groups in total. The first-order valence-corrected chi connectivity index (χ1v) is 9.73. The highest BCUT2D eigenvalue weighted by atomic mass is 32.2. The number of nitrogens with zero attached hydrogens (tertiary/aromatic N) is 1. The van der Waals surface area contributed by atoms with Crippen LogP contribution in [0.4, 0.5) is 5.69 Å². The second-order valence-corrected chi connectivity index (χ2v) is 7.42. The molecule has 1 saturated heterocycles. The number of anilines is 1. The summed E-state index contributed by atoms with van der Waals surface area (Å²) in [7, 11) is 0. The summed E-state index contributed by atoms with van der Waals surface area (Å²) in [4.78, 5) is 25.8. The van der Waals surface area contributed by atoms with Crippen molar-refractivity contribution in [1.82, 2.24) is 0 Å². The van der Waals surface area contributed by atoms with E-state index in [0.717, 1.165) is 11.3 Å². The van der Waals surface area contributed by atoms with E-state index in [1.807, 2.05) is 37.3 Å². The van der Waals surface area contributed by atoms with E-state index < -0.39 is 5.91 Å². The summed E-state index contributed by atoms with van der Waals surface area (Å²) in [6, 6.07) is 14.5. The Morgan fingerprint density at radius 3 is 2.61 bits per heavy atom. The summed E-state index contributed by atoms with van der Waals surface area (Å²) in [5.74, 6) is 0.134. The Kier molecular flexibility index (Phi) is 6.33. The summed E-state index contributed by atoms with van der Waals surface area (Å²) in [6.07, 6.45) is 1.75. The van der Waals surface area contributed by atoms with Gasteiger partial charge in [-0.15, -0.1) is 0 Å². The number of rotatable bonds is 7. The van der Waals surface area contributed by atoms with Crippen LogP contribution in [0.2, 0.25) is 0 Å². The van der Waals surface area contributed by atoms with Gasteiger partial charge in [0.15, 0.2) is 22.4 Å². The molecule has 1 aliphatic rings. The van der Waals surface area contributed by atoms with Crippen LogP contribution in [0.1, 0.15) is 12.5 Å². The van der Waals surface area contributed by atoms with Crippen LogP contribution in [0.3, 0.4) is 0 Å². The van der Waals surface area contributed by atoms with E-state index in [9.17, 15) is 9.59 Å². The van der Waals surface area contributed by atoms with Gasteiger partial charge in [0.2, 0.25) is 0 Å². The molecule has 2 amide bonds. The third-order valence-corrected chi connectivity index (χ3v) is 5.05. The summed E-state index contributed by atoms with van der Waals surface area (Å²) >= 11 is 6.62. The van der Waals surface area contributed by atoms with Gasteiger partial charge in [-0.1, -0.05) is 48.2 Å². The molecule has 0 aliphatic carbocycles. The summed E-state index contributed by atoms with van der Waals surface area (Å²) in [6.45, 7) is 2.02. The molecule has 2 aromatic rings. The topological polar surface area (TPSA) is 81.9 Å². The highest BCUT2D eigenvalue weighted by molar-refractivity contribution is 8.27. The largest absolute Gasteiger partial charge is 0.490 e. The fourth-order valence-corrected chi connectivity index (χ4v) is 3.87. The monoisotopic (exact) mass is 414 g/mol. The first kappa shape index (κ1) is 19.9. The van der Waals surface area contributed by atoms with Crippen molar-refractivity contribution in [2.75, 3.05) is 18.1 Å². The van der Waals surface area contributed by atoms with Gasteiger partial charge in [-0.2, -0.15) is 0 Å². The maximum absolute atomic E-state index is 12.8. The molecule has 0 radical (unpaired) electrons. The van der Waals surface area contributed by atoms with Crippen LogP contribution in [0.15, 0.2) is 53.4 Å². The van der Waals surface area contributed by atoms with Gasteiger partial charge in [0.25, 0.3) is 11.8 Å². The van der Waals surface area contributed by atoms with Crippen molar-refractivity contribution >= 4 is 51.9 Å². The third-order valence-electron chi connectivity index (χ3n) is 3.74. The van der Waals surface area contributed by atoms with Crippen molar-refractivity contribution in [1.29, 1.82) is 0 Å². The van der Waals surface area contributed by atoms with Gasteiger partial charge in [0.05, 0.1) is 17.2 Å². The predicted molar refractivity (Wildman–Crippen MR) is 114 cm³/mol. The fourth-order valence-electron chi connectivity index (χ4n) is 2.57. The summed E-state index contributed by atoms with van der Waals surface area (Å²) in [5.41, 5.74) is 6.61. The molecule has 1 heterocycles. The summed E-state index contributed by atoms with van der Waals surface area (Å²) < 4.78 is 11.4. The standard InChI is InChI=1S/C20H18N2O4S2/c1-2-25-16-10-13(8-9-15(16)26-12-18(21)23)11-17-19(24)22(20(27)28-17)14-6-4-3-5-7-14/h3-11H,2,12H2,1H3,(H2,21,23)/b17-11+. The van der Waals surface area contributed by atoms with Gasteiger partial charge < -0.3 is 15.2 Å². The van der Waals surface area contributed by atoms with Crippen molar-refractivity contribution in [3.8, 4) is 11.5 Å². The zero-order chi connectivity index (χ0) is 20.1. The van der Waals surface area contributed by atoms with E-state index in [1.165, 1.54) is 16.7 Å². The number of primary amides is 1. The number of para-hydroxylation sites is 1. The minimum absolute atomic E-state index is 0.173. The SMILES string of the molecule is CCOc1cc(/C=C2/SC(=S)N(c3ccccc3)C2=O)ccc1OCC(N)=O. The van der Waals surface area contributed by atoms with Gasteiger partial charge in [-0.3, -0.25) is 14.5 Å². The number of carbonyl (C=O) groups is 2. The Morgan fingerprint density at radius 1 is 1.18 bits per heavy atom. The van der Waals surface area contributed by atoms with Crippen molar-refractivity contribution in [3.05, 3.63) is 59.0 Å². The van der Waals surface area contributed by atoms with Crippen LogP contribution >= 0.6 is 24.0 Å². The van der Waals surface area contributed by atoms with Crippen molar-refractivity contribution < 1.29 is 19.1 Å². The molecule has 3 rings (SSSR count). The van der Waals surface area contributed by atoms with Gasteiger partial charge in [-0.05, 0) is 42.8 Å². The maximum Gasteiger partial charge on any atom is 0.270 e. The lowest BCUT2D eigenvalue weighted by molar-refractivity contribution is -0.120. The smallest absolute Gasteiger partial charge is 0.270 e. The minimum atomic E-state index is -0.573. The number of carbonyl (C=O) groups excluding carboxylic acids is 2. The summed E-state index contributed by atoms with van der Waals surface area (Å²) in [5, 5.41) is 0. The van der Waals surface area contributed by atoms with E-state index in [2.05, 4.69) is 0 Å². The zero-order valence-corrected chi connectivity index (χ0v) is 16.7. The second kappa shape index (κ2) is 8.90. The van der Waals surface area contributed by atoms with Crippen LogP contribution in [0.5, 0.6) is 11.5 Å². The van der Waals surface area contributed by atoms with Gasteiger partial charge in [0.1, 0.15) is 0 Å². The molecule has 0 spiro atoms. The van der Waals surface area contributed by atoms with Crippen molar-refractivity contribution in [2.24, 2.45) is 5.73 Å². The molecule has 0 saturated carbocycles. The number of benzene rings is 2. The molecule has 2 aromatic carbocycles. The normalized spacial score (nSPS) is 15.2. The van der Waals surface area contributed by atoms with Crippen LogP contribution in [-0.4, -0.2) is 29.3 Å². The molecule has 0 aromatic heterocycles. The van der Waals surface area contributed by atoms with Crippen molar-refractivity contribution in [2.45, 2.75) is 6.92 Å². The molecule has 1 fully saturated rings. The lowest BCUT2D eigenvalue weighted by atomic mass is 10.1. The van der Waals surface area contributed by atoms with E-state index in [-0.39, 0.29) is 12.5 Å². The first-order chi connectivity index (χ1) is 13.5. The number of hydrogen-bond acceptors (Lipinski definition) is 6. The number of hydrogen-bond donors (Lipinski definition) is 1. The Balaban J connectivity index is 1.86. The van der Waals surface area contributed by atoms with Crippen molar-refractivity contribution in [3.63, 3.8) is 0 Å². The van der Waals surface area contributed by atoms with Crippen LogP contribution in [0.25, 0.3) is 6.08 Å². The molecule has 28 heavy (non-hydrogen) atoms. The van der Waals surface area contributed by atoms with Crippen LogP contribution < -0.4 is 20.1 Å². The van der Waals surface area contributed by atoms with E-state index >= 15 is 0 Å². The molecule has 8 heteroatoms. The predicted octanol–water partition coefficient (Wildman–Crippen LogP) is 3.36. The van der Waals surface area contributed by atoms with Crippen LogP contribution in [-0.2, 0) is 9.59 Å². The quantitative estimate of drug-likeness (QED) is 0.553. The average Bonchev–Trinajstić information content (AvgIpc) is 2.95. The van der Waals surface area contributed by atoms with Gasteiger partial charge in [0, 0.05) is 0 Å². The molecule has 0 unspecified atom stereocenters. The Morgan fingerprint density at radius 2 is 1.93 bits per heavy atom. The Labute approximate surface area is 172 Å². The molecular weight excluding hydrogens is 396 g/mol. The number of thioether (sulfide) groups is 1. The highest BCUT2D eigenvalue weighted by Crippen LogP contribution is 2.37. The average molecular weight is 415 g/mol. The van der Waals surface area contributed by atoms with Gasteiger partial charge in [-0.25, -0.2) is 0 Å². The van der Waals surface area contributed by atoms with Gasteiger partial charge >= 0.3 is 0 Å². The molecule has 144 valence electrons.